The highest BCUT2D eigenvalue weighted by molar-refractivity contribution is 5.81. The minimum atomic E-state index is -0.388. The molecule has 0 aliphatic rings. The molecular formula is C22H20N4O2. The molecule has 2 aromatic carbocycles. The summed E-state index contributed by atoms with van der Waals surface area (Å²) in [6.45, 7) is -0.0592. The first kappa shape index (κ1) is 17.7. The first-order valence-corrected chi connectivity index (χ1v) is 9.04. The van der Waals surface area contributed by atoms with Crippen molar-refractivity contribution in [1.29, 1.82) is 0 Å². The third kappa shape index (κ3) is 3.32. The van der Waals surface area contributed by atoms with Gasteiger partial charge >= 0.3 is 5.69 Å². The summed E-state index contributed by atoms with van der Waals surface area (Å²) in [7, 11) is 1.71. The van der Waals surface area contributed by atoms with E-state index in [9.17, 15) is 9.59 Å². The lowest BCUT2D eigenvalue weighted by atomic mass is 10.0. The van der Waals surface area contributed by atoms with Crippen LogP contribution < -0.4 is 11.0 Å². The number of nitrogens with one attached hydrogen (secondary N) is 1. The van der Waals surface area contributed by atoms with Crippen LogP contribution in [0.4, 0.5) is 0 Å². The van der Waals surface area contributed by atoms with E-state index in [1.165, 1.54) is 4.57 Å². The zero-order chi connectivity index (χ0) is 19.5. The molecule has 4 aromatic rings. The molecule has 4 rings (SSSR count). The number of pyridine rings is 1. The molecule has 2 heterocycles. The highest BCUT2D eigenvalue weighted by atomic mass is 16.2. The summed E-state index contributed by atoms with van der Waals surface area (Å²) in [6.07, 6.45) is 1.70. The van der Waals surface area contributed by atoms with Gasteiger partial charge in [-0.3, -0.25) is 18.9 Å². The van der Waals surface area contributed by atoms with Crippen molar-refractivity contribution >= 4 is 16.9 Å². The molecule has 1 atom stereocenters. The second-order valence-electron chi connectivity index (χ2n) is 6.58. The number of hydrogen-bond donors (Lipinski definition) is 1. The van der Waals surface area contributed by atoms with Gasteiger partial charge in [0.2, 0.25) is 5.91 Å². The van der Waals surface area contributed by atoms with Gasteiger partial charge in [0.15, 0.2) is 0 Å². The summed E-state index contributed by atoms with van der Waals surface area (Å²) in [5, 5.41) is 3.03. The molecule has 28 heavy (non-hydrogen) atoms. The number of amides is 1. The number of rotatable bonds is 5. The SMILES string of the molecule is Cn1c(=O)n(CC(=O)N[C@@H](c2ccccc2)c2ccccn2)c2ccccc21. The van der Waals surface area contributed by atoms with Crippen molar-refractivity contribution in [3.05, 3.63) is 101 Å². The fraction of sp³-hybridized carbons (Fsp3) is 0.136. The molecule has 6 nitrogen and oxygen atoms in total. The standard InChI is InChI=1S/C22H20N4O2/c1-25-18-12-5-6-13-19(18)26(22(25)28)15-20(27)24-21(16-9-3-2-4-10-16)17-11-7-8-14-23-17/h2-14,21H,15H2,1H3,(H,24,27)/t21-/m0/s1. The number of nitrogens with zero attached hydrogens (tertiary/aromatic N) is 3. The van der Waals surface area contributed by atoms with Crippen molar-refractivity contribution in [2.45, 2.75) is 12.6 Å². The van der Waals surface area contributed by atoms with Gasteiger partial charge in [-0.25, -0.2) is 4.79 Å². The second kappa shape index (κ2) is 7.52. The summed E-state index contributed by atoms with van der Waals surface area (Å²) in [5.74, 6) is -0.252. The normalized spacial score (nSPS) is 12.0. The molecule has 0 spiro atoms. The Morgan fingerprint density at radius 2 is 1.64 bits per heavy atom. The molecule has 2 aromatic heterocycles. The van der Waals surface area contributed by atoms with Crippen molar-refractivity contribution in [3.63, 3.8) is 0 Å². The van der Waals surface area contributed by atoms with Crippen LogP contribution in [-0.4, -0.2) is 20.0 Å². The number of aromatic nitrogens is 3. The number of carbonyl (C=O) groups is 1. The predicted octanol–water partition coefficient (Wildman–Crippen LogP) is 2.64. The summed E-state index contributed by atoms with van der Waals surface area (Å²) in [4.78, 5) is 29.8. The van der Waals surface area contributed by atoms with E-state index in [1.54, 1.807) is 17.8 Å². The van der Waals surface area contributed by atoms with Crippen molar-refractivity contribution < 1.29 is 4.79 Å². The fourth-order valence-corrected chi connectivity index (χ4v) is 3.39. The number of carbonyl (C=O) groups excluding carboxylic acids is 1. The summed E-state index contributed by atoms with van der Waals surface area (Å²) in [5.41, 5.74) is 2.99. The minimum Gasteiger partial charge on any atom is -0.342 e. The van der Waals surface area contributed by atoms with E-state index in [0.717, 1.165) is 22.3 Å². The van der Waals surface area contributed by atoms with E-state index >= 15 is 0 Å². The number of aryl methyl sites for hydroxylation is 1. The Balaban J connectivity index is 1.65. The maximum absolute atomic E-state index is 12.9. The Morgan fingerprint density at radius 3 is 2.36 bits per heavy atom. The van der Waals surface area contributed by atoms with Gasteiger partial charge in [0.05, 0.1) is 22.8 Å². The average molecular weight is 372 g/mol. The lowest BCUT2D eigenvalue weighted by Crippen LogP contribution is -2.35. The number of para-hydroxylation sites is 2. The van der Waals surface area contributed by atoms with Crippen LogP contribution in [0.15, 0.2) is 83.8 Å². The Bertz CT molecular complexity index is 1120. The second-order valence-corrected chi connectivity index (χ2v) is 6.58. The first-order chi connectivity index (χ1) is 13.6. The molecule has 0 saturated heterocycles. The maximum atomic E-state index is 12.9. The quantitative estimate of drug-likeness (QED) is 0.586. The molecular weight excluding hydrogens is 352 g/mol. The minimum absolute atomic E-state index is 0.0592. The van der Waals surface area contributed by atoms with Crippen LogP contribution in [0.25, 0.3) is 11.0 Å². The summed E-state index contributed by atoms with van der Waals surface area (Å²) < 4.78 is 3.04. The lowest BCUT2D eigenvalue weighted by Gasteiger charge is -2.19. The molecule has 6 heteroatoms. The maximum Gasteiger partial charge on any atom is 0.329 e. The van der Waals surface area contributed by atoms with Crippen LogP contribution in [0.1, 0.15) is 17.3 Å². The van der Waals surface area contributed by atoms with Gasteiger partial charge in [0, 0.05) is 13.2 Å². The molecule has 0 saturated carbocycles. The molecule has 0 radical (unpaired) electrons. The Morgan fingerprint density at radius 1 is 0.964 bits per heavy atom. The smallest absolute Gasteiger partial charge is 0.329 e. The van der Waals surface area contributed by atoms with Gasteiger partial charge in [0.1, 0.15) is 6.54 Å². The fourth-order valence-electron chi connectivity index (χ4n) is 3.39. The molecule has 0 bridgehead atoms. The molecule has 1 amide bonds. The monoisotopic (exact) mass is 372 g/mol. The van der Waals surface area contributed by atoms with Gasteiger partial charge in [-0.2, -0.15) is 0 Å². The Kier molecular flexibility index (Phi) is 4.76. The van der Waals surface area contributed by atoms with Crippen molar-refractivity contribution in [2.24, 2.45) is 7.05 Å². The zero-order valence-electron chi connectivity index (χ0n) is 15.4. The number of hydrogen-bond acceptors (Lipinski definition) is 3. The Hall–Kier alpha value is -3.67. The van der Waals surface area contributed by atoms with Gasteiger partial charge in [-0.05, 0) is 29.8 Å². The molecule has 1 N–H and O–H groups in total. The third-order valence-electron chi connectivity index (χ3n) is 4.78. The topological polar surface area (TPSA) is 68.9 Å². The van der Waals surface area contributed by atoms with Crippen LogP contribution in [0, 0.1) is 0 Å². The number of fused-ring (bicyclic) bond motifs is 1. The first-order valence-electron chi connectivity index (χ1n) is 9.04. The van der Waals surface area contributed by atoms with Crippen molar-refractivity contribution in [2.75, 3.05) is 0 Å². The third-order valence-corrected chi connectivity index (χ3v) is 4.78. The van der Waals surface area contributed by atoms with Gasteiger partial charge < -0.3 is 5.32 Å². The van der Waals surface area contributed by atoms with Gasteiger partial charge in [0.25, 0.3) is 0 Å². The van der Waals surface area contributed by atoms with E-state index in [2.05, 4.69) is 10.3 Å². The van der Waals surface area contributed by atoms with Crippen LogP contribution in [0.3, 0.4) is 0 Å². The molecule has 0 unspecified atom stereocenters. The van der Waals surface area contributed by atoms with Crippen LogP contribution in [-0.2, 0) is 18.4 Å². The van der Waals surface area contributed by atoms with Crippen LogP contribution in [0.2, 0.25) is 0 Å². The highest BCUT2D eigenvalue weighted by Gasteiger charge is 2.19. The lowest BCUT2D eigenvalue weighted by molar-refractivity contribution is -0.122. The van der Waals surface area contributed by atoms with E-state index in [-0.39, 0.29) is 24.2 Å². The van der Waals surface area contributed by atoms with Gasteiger partial charge in [-0.1, -0.05) is 48.5 Å². The largest absolute Gasteiger partial charge is 0.342 e. The van der Waals surface area contributed by atoms with Crippen molar-refractivity contribution in [3.8, 4) is 0 Å². The number of imidazole rings is 1. The molecule has 0 fully saturated rings. The van der Waals surface area contributed by atoms with Crippen LogP contribution >= 0.6 is 0 Å². The van der Waals surface area contributed by atoms with Gasteiger partial charge in [-0.15, -0.1) is 0 Å². The van der Waals surface area contributed by atoms with E-state index in [4.69, 9.17) is 0 Å². The summed E-state index contributed by atoms with van der Waals surface area (Å²) in [6, 6.07) is 22.3. The van der Waals surface area contributed by atoms with E-state index < -0.39 is 0 Å². The highest BCUT2D eigenvalue weighted by Crippen LogP contribution is 2.20. The van der Waals surface area contributed by atoms with E-state index in [1.807, 2.05) is 72.8 Å². The molecule has 0 aliphatic heterocycles. The average Bonchev–Trinajstić information content (AvgIpc) is 2.98. The van der Waals surface area contributed by atoms with E-state index in [0.29, 0.717) is 0 Å². The Labute approximate surface area is 162 Å². The summed E-state index contributed by atoms with van der Waals surface area (Å²) >= 11 is 0. The van der Waals surface area contributed by atoms with Crippen LogP contribution in [0.5, 0.6) is 0 Å². The molecule has 0 aliphatic carbocycles. The number of benzene rings is 2. The predicted molar refractivity (Wildman–Crippen MR) is 108 cm³/mol. The zero-order valence-corrected chi connectivity index (χ0v) is 15.4. The molecule has 140 valence electrons. The van der Waals surface area contributed by atoms with Crippen molar-refractivity contribution in [1.82, 2.24) is 19.4 Å².